The zero-order valence-electron chi connectivity index (χ0n) is 11.5. The van der Waals surface area contributed by atoms with Crippen LogP contribution in [0.4, 0.5) is 0 Å². The van der Waals surface area contributed by atoms with Crippen LogP contribution in [0.25, 0.3) is 0 Å². The van der Waals surface area contributed by atoms with E-state index in [4.69, 9.17) is 10.3 Å². The summed E-state index contributed by atoms with van der Waals surface area (Å²) >= 11 is 0. The van der Waals surface area contributed by atoms with E-state index < -0.39 is 0 Å². The molecule has 106 valence electrons. The van der Waals surface area contributed by atoms with Crippen LogP contribution in [-0.2, 0) is 11.8 Å². The largest absolute Gasteiger partial charge is 0.508 e. The van der Waals surface area contributed by atoms with Gasteiger partial charge in [-0.25, -0.2) is 0 Å². The molecule has 3 N–H and O–H groups in total. The van der Waals surface area contributed by atoms with E-state index in [-0.39, 0.29) is 17.2 Å². The van der Waals surface area contributed by atoms with Gasteiger partial charge in [0.15, 0.2) is 5.82 Å². The van der Waals surface area contributed by atoms with Crippen molar-refractivity contribution < 1.29 is 9.63 Å². The average molecular weight is 273 g/mol. The third-order valence-electron chi connectivity index (χ3n) is 4.28. The van der Waals surface area contributed by atoms with Crippen LogP contribution in [0.15, 0.2) is 28.8 Å². The van der Waals surface area contributed by atoms with Gasteiger partial charge in [0.25, 0.3) is 0 Å². The van der Waals surface area contributed by atoms with Crippen molar-refractivity contribution in [1.29, 1.82) is 0 Å². The van der Waals surface area contributed by atoms with Crippen LogP contribution in [0.3, 0.4) is 0 Å². The number of hydrogen-bond acceptors (Lipinski definition) is 5. The first-order chi connectivity index (χ1) is 9.58. The molecule has 5 nitrogen and oxygen atoms in total. The summed E-state index contributed by atoms with van der Waals surface area (Å²) in [7, 11) is 0. The Morgan fingerprint density at radius 1 is 1.40 bits per heavy atom. The smallest absolute Gasteiger partial charge is 0.234 e. The van der Waals surface area contributed by atoms with Crippen molar-refractivity contribution in [2.75, 3.05) is 0 Å². The Bertz CT molecular complexity index is 593. The summed E-state index contributed by atoms with van der Waals surface area (Å²) in [6.45, 7) is 2.10. The lowest BCUT2D eigenvalue weighted by Crippen LogP contribution is -2.38. The molecule has 1 aromatic carbocycles. The van der Waals surface area contributed by atoms with E-state index in [0.717, 1.165) is 24.8 Å². The van der Waals surface area contributed by atoms with Crippen molar-refractivity contribution in [1.82, 2.24) is 10.1 Å². The zero-order chi connectivity index (χ0) is 14.2. The van der Waals surface area contributed by atoms with Gasteiger partial charge < -0.3 is 15.4 Å². The molecule has 5 heteroatoms. The molecule has 0 bridgehead atoms. The summed E-state index contributed by atoms with van der Waals surface area (Å²) in [6, 6.07) is 7.11. The molecule has 2 unspecified atom stereocenters. The van der Waals surface area contributed by atoms with Gasteiger partial charge in [-0.2, -0.15) is 4.98 Å². The molecule has 3 rings (SSSR count). The molecule has 1 saturated carbocycles. The normalized spacial score (nSPS) is 26.0. The molecule has 0 spiro atoms. The third kappa shape index (κ3) is 2.29. The Hall–Kier alpha value is -1.88. The number of nitrogens with two attached hydrogens (primary N) is 1. The predicted octanol–water partition coefficient (Wildman–Crippen LogP) is 2.13. The fraction of sp³-hybridized carbons (Fsp3) is 0.467. The minimum Gasteiger partial charge on any atom is -0.508 e. The topological polar surface area (TPSA) is 85.2 Å². The first kappa shape index (κ1) is 13.1. The lowest BCUT2D eigenvalue weighted by Gasteiger charge is -2.23. The molecule has 20 heavy (non-hydrogen) atoms. The number of hydrogen-bond donors (Lipinski definition) is 2. The van der Waals surface area contributed by atoms with Gasteiger partial charge in [-0.1, -0.05) is 23.7 Å². The number of nitrogens with zero attached hydrogens (tertiary/aromatic N) is 2. The molecule has 1 fully saturated rings. The maximum atomic E-state index is 9.27. The summed E-state index contributed by atoms with van der Waals surface area (Å²) in [5, 5.41) is 13.3. The van der Waals surface area contributed by atoms with E-state index in [1.54, 1.807) is 12.1 Å². The van der Waals surface area contributed by atoms with Crippen molar-refractivity contribution >= 4 is 0 Å². The Labute approximate surface area is 117 Å². The highest BCUT2D eigenvalue weighted by atomic mass is 16.5. The molecule has 1 aliphatic carbocycles. The lowest BCUT2D eigenvalue weighted by molar-refractivity contribution is 0.276. The maximum Gasteiger partial charge on any atom is 0.234 e. The van der Waals surface area contributed by atoms with Gasteiger partial charge in [0.2, 0.25) is 5.89 Å². The second-order valence-electron chi connectivity index (χ2n) is 5.78. The van der Waals surface area contributed by atoms with Crippen molar-refractivity contribution in [2.24, 2.45) is 5.73 Å². The molecular weight excluding hydrogens is 254 g/mol. The number of benzene rings is 1. The fourth-order valence-corrected chi connectivity index (χ4v) is 2.81. The van der Waals surface area contributed by atoms with Crippen LogP contribution < -0.4 is 5.73 Å². The van der Waals surface area contributed by atoms with Gasteiger partial charge in [0.1, 0.15) is 5.75 Å². The summed E-state index contributed by atoms with van der Waals surface area (Å²) in [5.41, 5.74) is 7.01. The monoisotopic (exact) mass is 273 g/mol. The van der Waals surface area contributed by atoms with Crippen molar-refractivity contribution in [3.05, 3.63) is 41.5 Å². The number of aromatic nitrogens is 2. The van der Waals surface area contributed by atoms with Gasteiger partial charge in [0.05, 0.1) is 5.41 Å². The van der Waals surface area contributed by atoms with Gasteiger partial charge in [-0.3, -0.25) is 0 Å². The molecule has 0 aliphatic heterocycles. The summed E-state index contributed by atoms with van der Waals surface area (Å²) in [6.07, 6.45) is 3.70. The van der Waals surface area contributed by atoms with Crippen LogP contribution in [0.1, 0.15) is 43.5 Å². The van der Waals surface area contributed by atoms with Crippen LogP contribution in [-0.4, -0.2) is 21.3 Å². The molecule has 0 amide bonds. The first-order valence-corrected chi connectivity index (χ1v) is 6.94. The molecule has 2 atom stereocenters. The van der Waals surface area contributed by atoms with E-state index in [1.807, 2.05) is 12.1 Å². The first-order valence-electron chi connectivity index (χ1n) is 6.94. The lowest BCUT2D eigenvalue weighted by atomic mass is 9.85. The van der Waals surface area contributed by atoms with Crippen LogP contribution in [0.2, 0.25) is 0 Å². The van der Waals surface area contributed by atoms with E-state index in [0.29, 0.717) is 18.1 Å². The maximum absolute atomic E-state index is 9.27. The van der Waals surface area contributed by atoms with Gasteiger partial charge in [-0.15, -0.1) is 0 Å². The third-order valence-corrected chi connectivity index (χ3v) is 4.28. The van der Waals surface area contributed by atoms with Crippen LogP contribution in [0, 0.1) is 0 Å². The molecule has 2 aromatic rings. The molecule has 1 heterocycles. The van der Waals surface area contributed by atoms with E-state index in [2.05, 4.69) is 17.1 Å². The summed E-state index contributed by atoms with van der Waals surface area (Å²) in [5.74, 6) is 1.56. The quantitative estimate of drug-likeness (QED) is 0.894. The minimum atomic E-state index is -0.194. The van der Waals surface area contributed by atoms with Gasteiger partial charge in [0, 0.05) is 12.5 Å². The van der Waals surface area contributed by atoms with E-state index in [1.165, 1.54) is 0 Å². The Balaban J connectivity index is 1.78. The van der Waals surface area contributed by atoms with Crippen molar-refractivity contribution in [2.45, 2.75) is 44.1 Å². The number of rotatable bonds is 3. The Morgan fingerprint density at radius 3 is 2.80 bits per heavy atom. The highest BCUT2D eigenvalue weighted by Crippen LogP contribution is 2.38. The number of aromatic hydroxyl groups is 1. The van der Waals surface area contributed by atoms with Crippen LogP contribution >= 0.6 is 0 Å². The zero-order valence-corrected chi connectivity index (χ0v) is 11.5. The SMILES string of the molecule is CC1(c2nc(Cc3ccc(O)cc3)no2)CCCC1N. The number of phenols is 1. The highest BCUT2D eigenvalue weighted by molar-refractivity contribution is 5.27. The van der Waals surface area contributed by atoms with E-state index in [9.17, 15) is 5.11 Å². The average Bonchev–Trinajstić information content (AvgIpc) is 3.02. The standard InChI is InChI=1S/C15H19N3O2/c1-15(8-2-3-12(15)16)14-17-13(18-20-14)9-10-4-6-11(19)7-5-10/h4-7,12,19H,2-3,8-9,16H2,1H3. The molecular formula is C15H19N3O2. The minimum absolute atomic E-state index is 0.0875. The van der Waals surface area contributed by atoms with Gasteiger partial charge >= 0.3 is 0 Å². The van der Waals surface area contributed by atoms with Gasteiger partial charge in [-0.05, 0) is 37.5 Å². The second-order valence-corrected chi connectivity index (χ2v) is 5.78. The molecule has 1 aliphatic rings. The predicted molar refractivity (Wildman–Crippen MR) is 74.4 cm³/mol. The van der Waals surface area contributed by atoms with Crippen LogP contribution in [0.5, 0.6) is 5.75 Å². The molecule has 0 saturated heterocycles. The molecule has 0 radical (unpaired) electrons. The molecule has 1 aromatic heterocycles. The highest BCUT2D eigenvalue weighted by Gasteiger charge is 2.42. The summed E-state index contributed by atoms with van der Waals surface area (Å²) < 4.78 is 5.43. The Kier molecular flexibility index (Phi) is 3.22. The van der Waals surface area contributed by atoms with Crippen molar-refractivity contribution in [3.63, 3.8) is 0 Å². The fourth-order valence-electron chi connectivity index (χ4n) is 2.81. The summed E-state index contributed by atoms with van der Waals surface area (Å²) in [4.78, 5) is 4.51. The Morgan fingerprint density at radius 2 is 2.15 bits per heavy atom. The number of phenolic OH excluding ortho intramolecular Hbond substituents is 1. The van der Waals surface area contributed by atoms with Crippen molar-refractivity contribution in [3.8, 4) is 5.75 Å². The second kappa shape index (κ2) is 4.90. The van der Waals surface area contributed by atoms with E-state index >= 15 is 0 Å².